The third kappa shape index (κ3) is 3.64. The van der Waals surface area contributed by atoms with Crippen LogP contribution >= 0.6 is 15.9 Å². The Morgan fingerprint density at radius 2 is 2.27 bits per heavy atom. The zero-order valence-corrected chi connectivity index (χ0v) is 10.2. The van der Waals surface area contributed by atoms with Gasteiger partial charge in [-0.15, -0.1) is 0 Å². The molecule has 0 unspecified atom stereocenters. The summed E-state index contributed by atoms with van der Waals surface area (Å²) in [4.78, 5) is 11.7. The SMILES string of the molecule is Cc1ccc(Br)cc1C(=O)NCCCO. The van der Waals surface area contributed by atoms with Gasteiger partial charge in [0.2, 0.25) is 0 Å². The highest BCUT2D eigenvalue weighted by Crippen LogP contribution is 2.15. The maximum Gasteiger partial charge on any atom is 0.251 e. The summed E-state index contributed by atoms with van der Waals surface area (Å²) in [5.41, 5.74) is 1.61. The molecule has 0 saturated carbocycles. The fourth-order valence-electron chi connectivity index (χ4n) is 1.22. The summed E-state index contributed by atoms with van der Waals surface area (Å²) in [6.45, 7) is 2.49. The van der Waals surface area contributed by atoms with Crippen LogP contribution in [0.15, 0.2) is 22.7 Å². The van der Waals surface area contributed by atoms with Crippen LogP contribution in [0.25, 0.3) is 0 Å². The van der Waals surface area contributed by atoms with Gasteiger partial charge < -0.3 is 10.4 Å². The molecule has 1 aromatic rings. The highest BCUT2D eigenvalue weighted by Gasteiger charge is 2.08. The highest BCUT2D eigenvalue weighted by molar-refractivity contribution is 9.10. The number of amides is 1. The van der Waals surface area contributed by atoms with Crippen molar-refractivity contribution in [3.63, 3.8) is 0 Å². The Hall–Kier alpha value is -0.870. The second-order valence-electron chi connectivity index (χ2n) is 3.29. The van der Waals surface area contributed by atoms with Gasteiger partial charge in [0.05, 0.1) is 0 Å². The lowest BCUT2D eigenvalue weighted by Gasteiger charge is -2.07. The Morgan fingerprint density at radius 3 is 2.93 bits per heavy atom. The van der Waals surface area contributed by atoms with Gasteiger partial charge in [-0.1, -0.05) is 22.0 Å². The lowest BCUT2D eigenvalue weighted by atomic mass is 10.1. The van der Waals surface area contributed by atoms with Gasteiger partial charge in [-0.25, -0.2) is 0 Å². The minimum Gasteiger partial charge on any atom is -0.396 e. The third-order valence-corrected chi connectivity index (χ3v) is 2.56. The summed E-state index contributed by atoms with van der Waals surface area (Å²) in [5, 5.41) is 11.3. The smallest absolute Gasteiger partial charge is 0.251 e. The van der Waals surface area contributed by atoms with E-state index in [2.05, 4.69) is 21.2 Å². The number of nitrogens with one attached hydrogen (secondary N) is 1. The summed E-state index contributed by atoms with van der Waals surface area (Å²) >= 11 is 3.33. The third-order valence-electron chi connectivity index (χ3n) is 2.06. The van der Waals surface area contributed by atoms with E-state index in [1.165, 1.54) is 0 Å². The van der Waals surface area contributed by atoms with Gasteiger partial charge in [0.15, 0.2) is 0 Å². The average molecular weight is 272 g/mol. The van der Waals surface area contributed by atoms with Gasteiger partial charge in [-0.05, 0) is 31.0 Å². The van der Waals surface area contributed by atoms with E-state index in [1.807, 2.05) is 19.1 Å². The quantitative estimate of drug-likeness (QED) is 0.822. The van der Waals surface area contributed by atoms with E-state index in [1.54, 1.807) is 6.07 Å². The molecule has 0 saturated heterocycles. The number of carbonyl (C=O) groups is 1. The minimum atomic E-state index is -0.0951. The van der Waals surface area contributed by atoms with Crippen LogP contribution in [0.2, 0.25) is 0 Å². The van der Waals surface area contributed by atoms with E-state index in [9.17, 15) is 4.79 Å². The van der Waals surface area contributed by atoms with Crippen LogP contribution in [0.5, 0.6) is 0 Å². The number of aryl methyl sites for hydroxylation is 1. The van der Waals surface area contributed by atoms with E-state index in [0.717, 1.165) is 10.0 Å². The number of hydrogen-bond donors (Lipinski definition) is 2. The molecule has 4 heteroatoms. The van der Waals surface area contributed by atoms with Crippen molar-refractivity contribution in [2.24, 2.45) is 0 Å². The molecule has 0 bridgehead atoms. The number of rotatable bonds is 4. The van der Waals surface area contributed by atoms with E-state index in [0.29, 0.717) is 18.5 Å². The monoisotopic (exact) mass is 271 g/mol. The lowest BCUT2D eigenvalue weighted by molar-refractivity contribution is 0.0950. The molecule has 0 heterocycles. The molecule has 3 nitrogen and oxygen atoms in total. The predicted octanol–water partition coefficient (Wildman–Crippen LogP) is 1.87. The Labute approximate surface area is 97.6 Å². The van der Waals surface area contributed by atoms with Gasteiger partial charge in [-0.2, -0.15) is 0 Å². The van der Waals surface area contributed by atoms with Gasteiger partial charge in [0.1, 0.15) is 0 Å². The van der Waals surface area contributed by atoms with Crippen molar-refractivity contribution in [2.75, 3.05) is 13.2 Å². The number of carbonyl (C=O) groups excluding carboxylic acids is 1. The van der Waals surface area contributed by atoms with Crippen LogP contribution in [-0.2, 0) is 0 Å². The Morgan fingerprint density at radius 1 is 1.53 bits per heavy atom. The number of halogens is 1. The fraction of sp³-hybridized carbons (Fsp3) is 0.364. The molecule has 1 rings (SSSR count). The Balaban J connectivity index is 2.68. The van der Waals surface area contributed by atoms with Crippen LogP contribution in [0.4, 0.5) is 0 Å². The standard InChI is InChI=1S/C11H14BrNO2/c1-8-3-4-9(12)7-10(8)11(15)13-5-2-6-14/h3-4,7,14H,2,5-6H2,1H3,(H,13,15). The number of aliphatic hydroxyl groups is 1. The number of benzene rings is 1. The van der Waals surface area contributed by atoms with Crippen molar-refractivity contribution < 1.29 is 9.90 Å². The molecule has 0 aliphatic heterocycles. The first-order valence-electron chi connectivity index (χ1n) is 4.80. The van der Waals surface area contributed by atoms with Gasteiger partial charge in [0.25, 0.3) is 5.91 Å². The van der Waals surface area contributed by atoms with Crippen molar-refractivity contribution in [1.29, 1.82) is 0 Å². The highest BCUT2D eigenvalue weighted by atomic mass is 79.9. The van der Waals surface area contributed by atoms with Crippen molar-refractivity contribution in [2.45, 2.75) is 13.3 Å². The average Bonchev–Trinajstić information content (AvgIpc) is 2.22. The molecule has 82 valence electrons. The topological polar surface area (TPSA) is 49.3 Å². The van der Waals surface area contributed by atoms with E-state index >= 15 is 0 Å². The largest absolute Gasteiger partial charge is 0.396 e. The molecule has 0 fully saturated rings. The predicted molar refractivity (Wildman–Crippen MR) is 62.9 cm³/mol. The lowest BCUT2D eigenvalue weighted by Crippen LogP contribution is -2.25. The second kappa shape index (κ2) is 5.88. The number of hydrogen-bond acceptors (Lipinski definition) is 2. The van der Waals surface area contributed by atoms with Crippen molar-refractivity contribution in [3.8, 4) is 0 Å². The molecule has 0 spiro atoms. The van der Waals surface area contributed by atoms with E-state index < -0.39 is 0 Å². The summed E-state index contributed by atoms with van der Waals surface area (Å²) in [7, 11) is 0. The maximum atomic E-state index is 11.7. The molecule has 0 radical (unpaired) electrons. The zero-order valence-electron chi connectivity index (χ0n) is 8.59. The van der Waals surface area contributed by atoms with Gasteiger partial charge in [-0.3, -0.25) is 4.79 Å². The molecule has 0 aromatic heterocycles. The first kappa shape index (κ1) is 12.2. The van der Waals surface area contributed by atoms with E-state index in [4.69, 9.17) is 5.11 Å². The van der Waals surface area contributed by atoms with Gasteiger partial charge >= 0.3 is 0 Å². The Kier molecular flexibility index (Phi) is 4.78. The summed E-state index contributed by atoms with van der Waals surface area (Å²) < 4.78 is 0.889. The summed E-state index contributed by atoms with van der Waals surface area (Å²) in [6, 6.07) is 5.59. The fourth-order valence-corrected chi connectivity index (χ4v) is 1.58. The second-order valence-corrected chi connectivity index (χ2v) is 4.21. The first-order valence-corrected chi connectivity index (χ1v) is 5.59. The molecule has 0 aliphatic rings. The molecular formula is C11H14BrNO2. The maximum absolute atomic E-state index is 11.7. The summed E-state index contributed by atoms with van der Waals surface area (Å²) in [5.74, 6) is -0.0951. The van der Waals surface area contributed by atoms with Crippen LogP contribution in [0, 0.1) is 6.92 Å². The zero-order chi connectivity index (χ0) is 11.3. The van der Waals surface area contributed by atoms with Crippen molar-refractivity contribution in [3.05, 3.63) is 33.8 Å². The minimum absolute atomic E-state index is 0.0950. The molecule has 0 aliphatic carbocycles. The number of aliphatic hydroxyl groups excluding tert-OH is 1. The molecular weight excluding hydrogens is 258 g/mol. The van der Waals surface area contributed by atoms with Crippen LogP contribution < -0.4 is 5.32 Å². The van der Waals surface area contributed by atoms with Crippen LogP contribution in [0.1, 0.15) is 22.3 Å². The molecule has 15 heavy (non-hydrogen) atoms. The molecule has 0 atom stereocenters. The van der Waals surface area contributed by atoms with Crippen LogP contribution in [-0.4, -0.2) is 24.2 Å². The Bertz CT molecular complexity index is 352. The molecule has 1 aromatic carbocycles. The van der Waals surface area contributed by atoms with Crippen molar-refractivity contribution in [1.82, 2.24) is 5.32 Å². The normalized spacial score (nSPS) is 10.1. The first-order chi connectivity index (χ1) is 7.15. The van der Waals surface area contributed by atoms with Crippen molar-refractivity contribution >= 4 is 21.8 Å². The van der Waals surface area contributed by atoms with Gasteiger partial charge in [0, 0.05) is 23.2 Å². The molecule has 2 N–H and O–H groups in total. The van der Waals surface area contributed by atoms with E-state index in [-0.39, 0.29) is 12.5 Å². The summed E-state index contributed by atoms with van der Waals surface area (Å²) in [6.07, 6.45) is 0.582. The van der Waals surface area contributed by atoms with Crippen LogP contribution in [0.3, 0.4) is 0 Å². The molecule has 1 amide bonds.